The van der Waals surface area contributed by atoms with Gasteiger partial charge in [0, 0.05) is 18.9 Å². The number of hydrogen-bond donors (Lipinski definition) is 0. The van der Waals surface area contributed by atoms with E-state index in [0.29, 0.717) is 32.6 Å². The highest BCUT2D eigenvalue weighted by Gasteiger charge is 2.50. The van der Waals surface area contributed by atoms with Gasteiger partial charge in [0.15, 0.2) is 0 Å². The number of aromatic nitrogens is 1. The second-order valence-electron chi connectivity index (χ2n) is 7.58. The Labute approximate surface area is 154 Å². The van der Waals surface area contributed by atoms with E-state index in [4.69, 9.17) is 9.47 Å². The normalized spacial score (nSPS) is 30.0. The summed E-state index contributed by atoms with van der Waals surface area (Å²) in [6.45, 7) is 1.55. The number of ether oxygens (including phenoxy) is 2. The molecule has 4 rings (SSSR count). The summed E-state index contributed by atoms with van der Waals surface area (Å²) in [5, 5.41) is 9.71. The molecule has 0 aromatic carbocycles. The smallest absolute Gasteiger partial charge is 0.243 e. The zero-order valence-corrected chi connectivity index (χ0v) is 15.0. The highest BCUT2D eigenvalue weighted by atomic mass is 16.5. The van der Waals surface area contributed by atoms with Gasteiger partial charge in [-0.3, -0.25) is 9.78 Å². The fourth-order valence-corrected chi connectivity index (χ4v) is 4.66. The number of nitriles is 1. The lowest BCUT2D eigenvalue weighted by molar-refractivity contribution is -0.143. The third kappa shape index (κ3) is 3.10. The molecule has 3 atom stereocenters. The lowest BCUT2D eigenvalue weighted by atomic mass is 9.85. The molecule has 2 bridgehead atoms. The van der Waals surface area contributed by atoms with Crippen molar-refractivity contribution in [2.45, 2.75) is 63.4 Å². The molecule has 0 radical (unpaired) electrons. The van der Waals surface area contributed by atoms with Gasteiger partial charge in [0.2, 0.25) is 5.91 Å². The summed E-state index contributed by atoms with van der Waals surface area (Å²) in [5.74, 6) is -0.00818. The van der Waals surface area contributed by atoms with E-state index in [1.165, 1.54) is 0 Å². The fraction of sp³-hybridized carbons (Fsp3) is 0.650. The number of hydrogen-bond acceptors (Lipinski definition) is 5. The first-order chi connectivity index (χ1) is 12.7. The molecule has 3 fully saturated rings. The van der Waals surface area contributed by atoms with Crippen LogP contribution in [0.25, 0.3) is 0 Å². The Balaban J connectivity index is 1.51. The number of pyridine rings is 1. The maximum absolute atomic E-state index is 13.3. The molecular weight excluding hydrogens is 330 g/mol. The van der Waals surface area contributed by atoms with Gasteiger partial charge >= 0.3 is 0 Å². The minimum Gasteiger partial charge on any atom is -0.374 e. The number of carbonyl (C=O) groups excluding carboxylic acids is 1. The van der Waals surface area contributed by atoms with E-state index in [0.717, 1.165) is 31.2 Å². The molecule has 1 aromatic heterocycles. The molecule has 0 unspecified atom stereocenters. The third-order valence-electron chi connectivity index (χ3n) is 6.09. The molecule has 0 spiro atoms. The van der Waals surface area contributed by atoms with E-state index in [2.05, 4.69) is 11.1 Å². The quantitative estimate of drug-likeness (QED) is 0.829. The van der Waals surface area contributed by atoms with Crippen LogP contribution in [0.3, 0.4) is 0 Å². The summed E-state index contributed by atoms with van der Waals surface area (Å²) in [5.41, 5.74) is 0.226. The van der Waals surface area contributed by atoms with Crippen LogP contribution in [0.5, 0.6) is 0 Å². The molecular formula is C20H25N3O3. The molecule has 1 amide bonds. The van der Waals surface area contributed by atoms with Crippen LogP contribution in [0.4, 0.5) is 0 Å². The number of nitrogens with zero attached hydrogens (tertiary/aromatic N) is 3. The van der Waals surface area contributed by atoms with E-state index in [9.17, 15) is 10.1 Å². The lowest BCUT2D eigenvalue weighted by Crippen LogP contribution is -2.51. The van der Waals surface area contributed by atoms with E-state index >= 15 is 0 Å². The van der Waals surface area contributed by atoms with Gasteiger partial charge in [-0.2, -0.15) is 5.26 Å². The zero-order chi connectivity index (χ0) is 18.0. The van der Waals surface area contributed by atoms with Crippen molar-refractivity contribution in [2.75, 3.05) is 13.2 Å². The van der Waals surface area contributed by atoms with Crippen molar-refractivity contribution in [1.29, 1.82) is 5.26 Å². The molecule has 2 heterocycles. The predicted molar refractivity (Wildman–Crippen MR) is 93.8 cm³/mol. The lowest BCUT2D eigenvalue weighted by Gasteiger charge is -2.35. The summed E-state index contributed by atoms with van der Waals surface area (Å²) >= 11 is 0. The maximum Gasteiger partial charge on any atom is 0.243 e. The van der Waals surface area contributed by atoms with Crippen molar-refractivity contribution >= 4 is 5.91 Å². The van der Waals surface area contributed by atoms with Crippen molar-refractivity contribution in [3.05, 3.63) is 30.1 Å². The monoisotopic (exact) mass is 355 g/mol. The molecule has 1 aromatic rings. The summed E-state index contributed by atoms with van der Waals surface area (Å²) < 4.78 is 12.2. The Bertz CT molecular complexity index is 681. The second-order valence-corrected chi connectivity index (χ2v) is 7.58. The first kappa shape index (κ1) is 17.4. The molecule has 138 valence electrons. The Kier molecular flexibility index (Phi) is 4.92. The summed E-state index contributed by atoms with van der Waals surface area (Å²) in [7, 11) is 0. The molecule has 26 heavy (non-hydrogen) atoms. The van der Waals surface area contributed by atoms with Crippen molar-refractivity contribution < 1.29 is 14.3 Å². The molecule has 6 heteroatoms. The first-order valence-electron chi connectivity index (χ1n) is 9.58. The third-order valence-corrected chi connectivity index (χ3v) is 6.09. The summed E-state index contributed by atoms with van der Waals surface area (Å²) in [6.07, 6.45) is 8.45. The minimum atomic E-state index is -0.835. The van der Waals surface area contributed by atoms with Gasteiger partial charge in [0.05, 0.1) is 31.4 Å². The van der Waals surface area contributed by atoms with Crippen molar-refractivity contribution in [1.82, 2.24) is 9.88 Å². The molecule has 1 aliphatic heterocycles. The van der Waals surface area contributed by atoms with Crippen LogP contribution in [0.2, 0.25) is 0 Å². The predicted octanol–water partition coefficient (Wildman–Crippen LogP) is 2.44. The van der Waals surface area contributed by atoms with E-state index in [-0.39, 0.29) is 24.2 Å². The first-order valence-corrected chi connectivity index (χ1v) is 9.58. The Morgan fingerprint density at radius 1 is 1.35 bits per heavy atom. The highest BCUT2D eigenvalue weighted by molar-refractivity contribution is 5.86. The van der Waals surface area contributed by atoms with Crippen LogP contribution in [-0.4, -0.2) is 47.2 Å². The van der Waals surface area contributed by atoms with Gasteiger partial charge < -0.3 is 14.4 Å². The van der Waals surface area contributed by atoms with Crippen molar-refractivity contribution in [3.63, 3.8) is 0 Å². The van der Waals surface area contributed by atoms with Crippen LogP contribution >= 0.6 is 0 Å². The summed E-state index contributed by atoms with van der Waals surface area (Å²) in [6, 6.07) is 6.22. The van der Waals surface area contributed by atoms with Crippen LogP contribution in [0, 0.1) is 16.7 Å². The van der Waals surface area contributed by atoms with Crippen LogP contribution in [0.1, 0.15) is 44.1 Å². The van der Waals surface area contributed by atoms with Crippen LogP contribution in [-0.2, 0) is 20.9 Å². The molecule has 0 N–H and O–H groups in total. The van der Waals surface area contributed by atoms with Crippen LogP contribution < -0.4 is 0 Å². The fourth-order valence-electron chi connectivity index (χ4n) is 4.66. The second kappa shape index (κ2) is 7.34. The van der Waals surface area contributed by atoms with E-state index in [1.807, 2.05) is 17.0 Å². The minimum absolute atomic E-state index is 0.00247. The standard InChI is InChI=1S/C20H25N3O3/c21-14-20(7-1-2-8-20)19(24)23-11-12-25-17-4-3-16(23)18(17)26-13-15-5-9-22-10-6-15/h5-6,9-10,16-18H,1-4,7-8,11-13H2/t16-,17-,18+/m0/s1. The number of rotatable bonds is 4. The molecule has 1 saturated heterocycles. The topological polar surface area (TPSA) is 75.5 Å². The maximum atomic E-state index is 13.3. The summed E-state index contributed by atoms with van der Waals surface area (Å²) in [4.78, 5) is 19.2. The number of carbonyl (C=O) groups is 1. The highest BCUT2D eigenvalue weighted by Crippen LogP contribution is 2.42. The number of amides is 1. The Morgan fingerprint density at radius 2 is 2.12 bits per heavy atom. The molecule has 2 saturated carbocycles. The average molecular weight is 355 g/mol. The van der Waals surface area contributed by atoms with Crippen molar-refractivity contribution in [2.24, 2.45) is 5.41 Å². The van der Waals surface area contributed by atoms with Gasteiger partial charge in [0.1, 0.15) is 11.5 Å². The average Bonchev–Trinajstić information content (AvgIpc) is 3.26. The van der Waals surface area contributed by atoms with E-state index < -0.39 is 5.41 Å². The van der Waals surface area contributed by atoms with Gasteiger partial charge in [-0.25, -0.2) is 0 Å². The largest absolute Gasteiger partial charge is 0.374 e. The van der Waals surface area contributed by atoms with Gasteiger partial charge in [-0.15, -0.1) is 0 Å². The SMILES string of the molecule is N#CC1(C(=O)N2CCO[C@H]3CC[C@H]2[C@H]3OCc2ccncc2)CCCC1. The number of fused-ring (bicyclic) bond motifs is 2. The molecule has 6 nitrogen and oxygen atoms in total. The zero-order valence-electron chi connectivity index (χ0n) is 15.0. The van der Waals surface area contributed by atoms with Gasteiger partial charge in [-0.1, -0.05) is 12.8 Å². The van der Waals surface area contributed by atoms with Gasteiger partial charge in [0.25, 0.3) is 0 Å². The van der Waals surface area contributed by atoms with Crippen molar-refractivity contribution in [3.8, 4) is 6.07 Å². The van der Waals surface area contributed by atoms with Crippen LogP contribution in [0.15, 0.2) is 24.5 Å². The Morgan fingerprint density at radius 3 is 2.85 bits per heavy atom. The van der Waals surface area contributed by atoms with E-state index in [1.54, 1.807) is 12.4 Å². The molecule has 2 aliphatic carbocycles. The van der Waals surface area contributed by atoms with Gasteiger partial charge in [-0.05, 0) is 43.4 Å². The molecule has 3 aliphatic rings. The Hall–Kier alpha value is -1.97.